The van der Waals surface area contributed by atoms with E-state index in [0.29, 0.717) is 27.7 Å². The van der Waals surface area contributed by atoms with Gasteiger partial charge in [0.05, 0.1) is 16.4 Å². The maximum absolute atomic E-state index is 10.9. The van der Waals surface area contributed by atoms with Gasteiger partial charge < -0.3 is 5.11 Å². The van der Waals surface area contributed by atoms with Gasteiger partial charge in [0.25, 0.3) is 0 Å². The number of carbonyl (C=O) groups is 1. The van der Waals surface area contributed by atoms with Crippen molar-refractivity contribution in [3.63, 3.8) is 0 Å². The van der Waals surface area contributed by atoms with E-state index in [1.54, 1.807) is 30.6 Å². The van der Waals surface area contributed by atoms with Crippen LogP contribution in [0, 0.1) is 0 Å². The molecule has 0 saturated heterocycles. The highest BCUT2D eigenvalue weighted by Crippen LogP contribution is 2.32. The summed E-state index contributed by atoms with van der Waals surface area (Å²) in [6, 6.07) is 8.46. The van der Waals surface area contributed by atoms with Gasteiger partial charge >= 0.3 is 5.97 Å². The number of aromatic nitrogens is 4. The molecule has 0 unspecified atom stereocenters. The molecule has 6 nitrogen and oxygen atoms in total. The van der Waals surface area contributed by atoms with E-state index in [4.69, 9.17) is 16.7 Å². The van der Waals surface area contributed by atoms with Crippen molar-refractivity contribution in [3.8, 4) is 22.6 Å². The van der Waals surface area contributed by atoms with Crippen LogP contribution in [0.15, 0.2) is 42.7 Å². The van der Waals surface area contributed by atoms with E-state index in [9.17, 15) is 4.79 Å². The minimum atomic E-state index is -1.08. The first-order valence-electron chi connectivity index (χ1n) is 6.02. The number of nitrogens with one attached hydrogen (secondary N) is 1. The van der Waals surface area contributed by atoms with E-state index in [1.165, 1.54) is 6.07 Å². The number of aromatic amines is 1. The summed E-state index contributed by atoms with van der Waals surface area (Å²) in [6.07, 6.45) is 3.23. The quantitative estimate of drug-likeness (QED) is 0.776. The van der Waals surface area contributed by atoms with Gasteiger partial charge in [-0.15, -0.1) is 0 Å². The van der Waals surface area contributed by atoms with Gasteiger partial charge in [0.1, 0.15) is 11.4 Å². The number of hydrogen-bond acceptors (Lipinski definition) is 4. The summed E-state index contributed by atoms with van der Waals surface area (Å²) in [5.41, 5.74) is 2.19. The van der Waals surface area contributed by atoms with Gasteiger partial charge in [0.2, 0.25) is 0 Å². The molecule has 0 aromatic carbocycles. The number of halogens is 1. The molecule has 3 rings (SSSR count). The second-order valence-corrected chi connectivity index (χ2v) is 4.61. The summed E-state index contributed by atoms with van der Waals surface area (Å²) in [4.78, 5) is 19.4. The first kappa shape index (κ1) is 13.3. The van der Waals surface area contributed by atoms with Crippen molar-refractivity contribution in [2.24, 2.45) is 0 Å². The Morgan fingerprint density at radius 1 is 1.14 bits per heavy atom. The number of aromatic carboxylic acids is 1. The summed E-state index contributed by atoms with van der Waals surface area (Å²) in [5, 5.41) is 15.9. The highest BCUT2D eigenvalue weighted by molar-refractivity contribution is 6.33. The molecule has 0 aliphatic rings. The van der Waals surface area contributed by atoms with Gasteiger partial charge in [0, 0.05) is 24.0 Å². The van der Waals surface area contributed by atoms with Crippen LogP contribution in [0.5, 0.6) is 0 Å². The molecule has 2 N–H and O–H groups in total. The minimum Gasteiger partial charge on any atom is -0.477 e. The van der Waals surface area contributed by atoms with Crippen LogP contribution in [-0.2, 0) is 0 Å². The molecule has 0 atom stereocenters. The zero-order valence-electron chi connectivity index (χ0n) is 10.6. The van der Waals surface area contributed by atoms with Crippen molar-refractivity contribution in [3.05, 3.63) is 53.4 Å². The SMILES string of the molecule is O=C(O)c1cc(-c2ncccc2-c2ncccc2Cl)n[nH]1. The average Bonchev–Trinajstić information content (AvgIpc) is 2.98. The normalized spacial score (nSPS) is 10.5. The first-order valence-corrected chi connectivity index (χ1v) is 6.39. The number of pyridine rings is 2. The third-order valence-electron chi connectivity index (χ3n) is 2.87. The predicted octanol–water partition coefficient (Wildman–Crippen LogP) is 2.89. The maximum Gasteiger partial charge on any atom is 0.353 e. The Labute approximate surface area is 124 Å². The number of H-pyrrole nitrogens is 1. The highest BCUT2D eigenvalue weighted by Gasteiger charge is 2.16. The molecule has 104 valence electrons. The van der Waals surface area contributed by atoms with Crippen LogP contribution in [0.4, 0.5) is 0 Å². The summed E-state index contributed by atoms with van der Waals surface area (Å²) in [7, 11) is 0. The zero-order valence-corrected chi connectivity index (χ0v) is 11.4. The van der Waals surface area contributed by atoms with Gasteiger partial charge in [0.15, 0.2) is 0 Å². The van der Waals surface area contributed by atoms with Crippen LogP contribution in [0.1, 0.15) is 10.5 Å². The fourth-order valence-electron chi connectivity index (χ4n) is 1.94. The predicted molar refractivity (Wildman–Crippen MR) is 77.0 cm³/mol. The molecule has 3 aromatic rings. The summed E-state index contributed by atoms with van der Waals surface area (Å²) in [6.45, 7) is 0. The molecule has 0 amide bonds. The number of carboxylic acids is 1. The van der Waals surface area contributed by atoms with Gasteiger partial charge in [-0.3, -0.25) is 15.1 Å². The summed E-state index contributed by atoms with van der Waals surface area (Å²) < 4.78 is 0. The Morgan fingerprint density at radius 2 is 1.86 bits per heavy atom. The Bertz CT molecular complexity index is 816. The van der Waals surface area contributed by atoms with Gasteiger partial charge in [-0.1, -0.05) is 11.6 Å². The fraction of sp³-hybridized carbons (Fsp3) is 0. The Hall–Kier alpha value is -2.73. The van der Waals surface area contributed by atoms with Gasteiger partial charge in [-0.2, -0.15) is 5.10 Å². The van der Waals surface area contributed by atoms with E-state index < -0.39 is 5.97 Å². The monoisotopic (exact) mass is 300 g/mol. The molecule has 0 fully saturated rings. The molecule has 0 bridgehead atoms. The van der Waals surface area contributed by atoms with E-state index in [-0.39, 0.29) is 5.69 Å². The van der Waals surface area contributed by atoms with Crippen LogP contribution in [-0.4, -0.2) is 31.2 Å². The maximum atomic E-state index is 10.9. The smallest absolute Gasteiger partial charge is 0.353 e. The number of nitrogens with zero attached hydrogens (tertiary/aromatic N) is 3. The van der Waals surface area contributed by atoms with Gasteiger partial charge in [-0.05, 0) is 24.3 Å². The van der Waals surface area contributed by atoms with Crippen molar-refractivity contribution in [1.82, 2.24) is 20.2 Å². The first-order chi connectivity index (χ1) is 10.2. The highest BCUT2D eigenvalue weighted by atomic mass is 35.5. The second-order valence-electron chi connectivity index (χ2n) is 4.21. The van der Waals surface area contributed by atoms with Crippen LogP contribution >= 0.6 is 11.6 Å². The molecule has 7 heteroatoms. The second kappa shape index (κ2) is 5.34. The van der Waals surface area contributed by atoms with E-state index in [1.807, 2.05) is 6.07 Å². The van der Waals surface area contributed by atoms with Crippen molar-refractivity contribution < 1.29 is 9.90 Å². The van der Waals surface area contributed by atoms with Crippen LogP contribution in [0.2, 0.25) is 5.02 Å². The van der Waals surface area contributed by atoms with Crippen molar-refractivity contribution in [2.45, 2.75) is 0 Å². The van der Waals surface area contributed by atoms with Crippen molar-refractivity contribution in [2.75, 3.05) is 0 Å². The standard InChI is InChI=1S/C14H9ClN4O2/c15-9-4-2-6-16-12(9)8-3-1-5-17-13(8)10-7-11(14(20)21)19-18-10/h1-7H,(H,18,19)(H,20,21). The molecule has 3 heterocycles. The van der Waals surface area contributed by atoms with Crippen LogP contribution in [0.3, 0.4) is 0 Å². The molecule has 21 heavy (non-hydrogen) atoms. The lowest BCUT2D eigenvalue weighted by atomic mass is 10.1. The number of rotatable bonds is 3. The molecular weight excluding hydrogens is 292 g/mol. The lowest BCUT2D eigenvalue weighted by Gasteiger charge is -2.06. The Morgan fingerprint density at radius 3 is 2.52 bits per heavy atom. The minimum absolute atomic E-state index is 0.00581. The topological polar surface area (TPSA) is 91.8 Å². The lowest BCUT2D eigenvalue weighted by Crippen LogP contribution is -1.95. The van der Waals surface area contributed by atoms with Crippen LogP contribution < -0.4 is 0 Å². The van der Waals surface area contributed by atoms with E-state index in [0.717, 1.165) is 0 Å². The summed E-state index contributed by atoms with van der Waals surface area (Å²) in [5.74, 6) is -1.08. The van der Waals surface area contributed by atoms with Crippen LogP contribution in [0.25, 0.3) is 22.6 Å². The third-order valence-corrected chi connectivity index (χ3v) is 3.18. The molecule has 0 radical (unpaired) electrons. The summed E-state index contributed by atoms with van der Waals surface area (Å²) >= 11 is 6.16. The average molecular weight is 301 g/mol. The number of carboxylic acid groups (broad SMARTS) is 1. The molecule has 0 saturated carbocycles. The fourth-order valence-corrected chi connectivity index (χ4v) is 2.16. The molecule has 0 aliphatic carbocycles. The van der Waals surface area contributed by atoms with E-state index in [2.05, 4.69) is 20.2 Å². The van der Waals surface area contributed by atoms with Crippen molar-refractivity contribution in [1.29, 1.82) is 0 Å². The molecule has 0 aliphatic heterocycles. The molecular formula is C14H9ClN4O2. The molecule has 3 aromatic heterocycles. The van der Waals surface area contributed by atoms with Gasteiger partial charge in [-0.25, -0.2) is 4.79 Å². The number of hydrogen-bond donors (Lipinski definition) is 2. The Balaban J connectivity index is 2.16. The zero-order chi connectivity index (χ0) is 14.8. The third kappa shape index (κ3) is 2.48. The molecule has 0 spiro atoms. The Kier molecular flexibility index (Phi) is 3.37. The van der Waals surface area contributed by atoms with E-state index >= 15 is 0 Å². The van der Waals surface area contributed by atoms with Crippen molar-refractivity contribution >= 4 is 17.6 Å². The largest absolute Gasteiger partial charge is 0.477 e. The lowest BCUT2D eigenvalue weighted by molar-refractivity contribution is 0.0690.